The summed E-state index contributed by atoms with van der Waals surface area (Å²) in [6, 6.07) is 47.4. The first kappa shape index (κ1) is 28.9. The maximum Gasteiger partial charge on any atom is 0.113 e. The summed E-state index contributed by atoms with van der Waals surface area (Å²) in [7, 11) is -1.79. The molecule has 7 aromatic rings. The monoisotopic (exact) mass is 671 g/mol. The Kier molecular flexibility index (Phi) is 5.63. The van der Waals surface area contributed by atoms with Gasteiger partial charge in [-0.1, -0.05) is 98.0 Å². The molecule has 0 atom stereocenters. The van der Waals surface area contributed by atoms with Crippen LogP contribution in [0.2, 0.25) is 13.1 Å². The fourth-order valence-corrected chi connectivity index (χ4v) is 15.6. The van der Waals surface area contributed by atoms with Crippen LogP contribution in [0.1, 0.15) is 43.2 Å². The summed E-state index contributed by atoms with van der Waals surface area (Å²) < 4.78 is 0. The van der Waals surface area contributed by atoms with Crippen LogP contribution in [0.25, 0.3) is 66.2 Å². The summed E-state index contributed by atoms with van der Waals surface area (Å²) in [5.41, 5.74) is 15.6. The second-order valence-corrected chi connectivity index (χ2v) is 21.5. The van der Waals surface area contributed by atoms with Gasteiger partial charge >= 0.3 is 0 Å². The molecule has 6 aromatic carbocycles. The van der Waals surface area contributed by atoms with Gasteiger partial charge in [0.15, 0.2) is 0 Å². The van der Waals surface area contributed by atoms with Crippen LogP contribution in [0, 0.1) is 23.7 Å². The third kappa shape index (κ3) is 3.74. The summed E-state index contributed by atoms with van der Waals surface area (Å²) >= 11 is 0. The fraction of sp³-hybridized carbons (Fsp3) is 0.245. The lowest BCUT2D eigenvalue weighted by Crippen LogP contribution is -2.55. The molecule has 6 aliphatic rings. The zero-order chi connectivity index (χ0) is 33.6. The first-order chi connectivity index (χ1) is 25.0. The van der Waals surface area contributed by atoms with Gasteiger partial charge in [0.2, 0.25) is 0 Å². The van der Waals surface area contributed by atoms with E-state index in [1.165, 1.54) is 92.8 Å². The van der Waals surface area contributed by atoms with Crippen molar-refractivity contribution < 1.29 is 0 Å². The van der Waals surface area contributed by atoms with Gasteiger partial charge in [-0.2, -0.15) is 0 Å². The van der Waals surface area contributed by atoms with E-state index >= 15 is 0 Å². The van der Waals surface area contributed by atoms with E-state index in [0.717, 1.165) is 29.2 Å². The molecule has 0 unspecified atom stereocenters. The number of pyridine rings is 1. The normalized spacial score (nSPS) is 25.7. The molecule has 0 amide bonds. The SMILES string of the molecule is C[Si]1(C)c2ccc(-c3ccc4c(c3)-c3cc(-c5cccc6ncccc56)ccc3C43C4CC5CC(C4)CC3C5)cc2-c2cc3ccccc3cc21. The lowest BCUT2D eigenvalue weighted by molar-refractivity contribution is -0.0399. The number of hydrogen-bond donors (Lipinski definition) is 0. The van der Waals surface area contributed by atoms with E-state index in [2.05, 4.69) is 134 Å². The highest BCUT2D eigenvalue weighted by molar-refractivity contribution is 7.04. The maximum absolute atomic E-state index is 4.70. The molecular formula is C49H41NSi. The first-order valence-corrected chi connectivity index (χ1v) is 22.3. The highest BCUT2D eigenvalue weighted by Gasteiger charge is 2.61. The number of hydrogen-bond acceptors (Lipinski definition) is 1. The van der Waals surface area contributed by atoms with E-state index in [0.29, 0.717) is 0 Å². The Morgan fingerprint density at radius 3 is 1.88 bits per heavy atom. The fourth-order valence-electron chi connectivity index (χ4n) is 12.5. The molecule has 1 nitrogen and oxygen atoms in total. The predicted octanol–water partition coefficient (Wildman–Crippen LogP) is 11.2. The molecule has 0 N–H and O–H groups in total. The van der Waals surface area contributed by atoms with Crippen molar-refractivity contribution >= 4 is 40.1 Å². The Balaban J connectivity index is 1.05. The van der Waals surface area contributed by atoms with Crippen molar-refractivity contribution in [2.75, 3.05) is 0 Å². The Morgan fingerprint density at radius 2 is 1.14 bits per heavy atom. The van der Waals surface area contributed by atoms with Crippen molar-refractivity contribution in [3.8, 4) is 44.5 Å². The van der Waals surface area contributed by atoms with Crippen LogP contribution >= 0.6 is 0 Å². The van der Waals surface area contributed by atoms with Crippen LogP contribution in [-0.4, -0.2) is 13.1 Å². The van der Waals surface area contributed by atoms with Gasteiger partial charge in [-0.3, -0.25) is 4.98 Å². The third-order valence-electron chi connectivity index (χ3n) is 14.5. The Hall–Kier alpha value is -4.79. The summed E-state index contributed by atoms with van der Waals surface area (Å²) in [6.07, 6.45) is 9.01. The van der Waals surface area contributed by atoms with E-state index in [4.69, 9.17) is 4.98 Å². The summed E-state index contributed by atoms with van der Waals surface area (Å²) in [5.74, 6) is 3.38. The van der Waals surface area contributed by atoms with Crippen LogP contribution in [0.4, 0.5) is 0 Å². The van der Waals surface area contributed by atoms with Gasteiger partial charge < -0.3 is 0 Å². The Morgan fingerprint density at radius 1 is 0.510 bits per heavy atom. The molecule has 4 saturated carbocycles. The minimum atomic E-state index is -1.79. The third-order valence-corrected chi connectivity index (χ3v) is 18.0. The molecule has 13 rings (SSSR count). The number of rotatable bonds is 2. The molecule has 51 heavy (non-hydrogen) atoms. The number of fused-ring (bicyclic) bond motifs is 8. The summed E-state index contributed by atoms with van der Waals surface area (Å²) in [5, 5.41) is 7.09. The molecular weight excluding hydrogens is 631 g/mol. The van der Waals surface area contributed by atoms with Gasteiger partial charge in [0.1, 0.15) is 8.07 Å². The summed E-state index contributed by atoms with van der Waals surface area (Å²) in [4.78, 5) is 4.70. The molecule has 2 heteroatoms. The van der Waals surface area contributed by atoms with Gasteiger partial charge in [0, 0.05) is 17.0 Å². The van der Waals surface area contributed by atoms with Gasteiger partial charge in [-0.25, -0.2) is 0 Å². The lowest BCUT2D eigenvalue weighted by Gasteiger charge is -2.61. The molecule has 1 aliphatic heterocycles. The van der Waals surface area contributed by atoms with Crippen LogP contribution in [0.5, 0.6) is 0 Å². The Labute approximate surface area is 301 Å². The van der Waals surface area contributed by atoms with E-state index in [1.807, 2.05) is 6.20 Å². The van der Waals surface area contributed by atoms with Gasteiger partial charge in [0.25, 0.3) is 0 Å². The number of aromatic nitrogens is 1. The van der Waals surface area contributed by atoms with Crippen molar-refractivity contribution in [2.45, 2.75) is 50.6 Å². The molecule has 1 aromatic heterocycles. The van der Waals surface area contributed by atoms with E-state index in [9.17, 15) is 0 Å². The van der Waals surface area contributed by atoms with Crippen molar-refractivity contribution in [3.05, 3.63) is 139 Å². The molecule has 4 bridgehead atoms. The Bertz CT molecular complexity index is 2610. The zero-order valence-corrected chi connectivity index (χ0v) is 30.4. The molecule has 0 saturated heterocycles. The summed E-state index contributed by atoms with van der Waals surface area (Å²) in [6.45, 7) is 5.07. The van der Waals surface area contributed by atoms with Crippen molar-refractivity contribution in [1.82, 2.24) is 4.98 Å². The molecule has 5 aliphatic carbocycles. The van der Waals surface area contributed by atoms with Gasteiger partial charge in [0.05, 0.1) is 5.52 Å². The first-order valence-electron chi connectivity index (χ1n) is 19.3. The highest BCUT2D eigenvalue weighted by atomic mass is 28.3. The molecule has 2 heterocycles. The van der Waals surface area contributed by atoms with Gasteiger partial charge in [-0.05, 0) is 169 Å². The van der Waals surface area contributed by atoms with E-state index in [1.54, 1.807) is 21.5 Å². The van der Waals surface area contributed by atoms with Crippen molar-refractivity contribution in [3.63, 3.8) is 0 Å². The smallest absolute Gasteiger partial charge is 0.113 e. The van der Waals surface area contributed by atoms with E-state index < -0.39 is 8.07 Å². The largest absolute Gasteiger partial charge is 0.256 e. The zero-order valence-electron chi connectivity index (χ0n) is 29.4. The molecule has 0 radical (unpaired) electrons. The quantitative estimate of drug-likeness (QED) is 0.167. The van der Waals surface area contributed by atoms with Crippen molar-refractivity contribution in [2.24, 2.45) is 23.7 Å². The second-order valence-electron chi connectivity index (χ2n) is 17.2. The van der Waals surface area contributed by atoms with Crippen LogP contribution in [0.15, 0.2) is 128 Å². The molecule has 4 fully saturated rings. The second kappa shape index (κ2) is 9.95. The minimum absolute atomic E-state index is 0.156. The van der Waals surface area contributed by atoms with Crippen LogP contribution in [0.3, 0.4) is 0 Å². The van der Waals surface area contributed by atoms with E-state index in [-0.39, 0.29) is 5.41 Å². The van der Waals surface area contributed by atoms with Crippen molar-refractivity contribution in [1.29, 1.82) is 0 Å². The maximum atomic E-state index is 4.70. The average molecular weight is 672 g/mol. The topological polar surface area (TPSA) is 12.9 Å². The number of benzene rings is 6. The van der Waals surface area contributed by atoms with Gasteiger partial charge in [-0.15, -0.1) is 0 Å². The van der Waals surface area contributed by atoms with Crippen LogP contribution in [-0.2, 0) is 5.41 Å². The standard InChI is InChI=1S/C49H41NSi/c1-51(2)47-17-14-34(26-42(47)43-25-31-7-3-4-8-32(31)28-48(43)51)33-12-15-44-40(24-33)41-27-35(38-9-5-11-46-39(38)10-6-18-50-46)13-16-45(41)49(44)36-20-29-19-30(22-36)23-37(49)21-29/h3-18,24-30,36-37H,19-23H2,1-2H3. The molecule has 1 spiro atoms. The average Bonchev–Trinajstić information content (AvgIpc) is 3.56. The number of nitrogens with zero attached hydrogens (tertiary/aromatic N) is 1. The lowest BCUT2D eigenvalue weighted by atomic mass is 9.43. The molecule has 246 valence electrons. The predicted molar refractivity (Wildman–Crippen MR) is 216 cm³/mol. The minimum Gasteiger partial charge on any atom is -0.256 e. The highest BCUT2D eigenvalue weighted by Crippen LogP contribution is 2.69. The van der Waals surface area contributed by atoms with Crippen LogP contribution < -0.4 is 10.4 Å².